The van der Waals surface area contributed by atoms with Crippen LogP contribution in [0, 0.1) is 11.3 Å². The SMILES string of the molecule is CC(C)(C)CC1CCCN1C(=O)C1CCCN(c2ncccc2C(F)(F)F)C1. The summed E-state index contributed by atoms with van der Waals surface area (Å²) in [6, 6.07) is 2.61. The molecule has 0 radical (unpaired) electrons. The first-order chi connectivity index (χ1) is 13.1. The average molecular weight is 397 g/mol. The Hall–Kier alpha value is -1.79. The minimum Gasteiger partial charge on any atom is -0.355 e. The maximum Gasteiger partial charge on any atom is 0.419 e. The highest BCUT2D eigenvalue weighted by molar-refractivity contribution is 5.80. The number of carbonyl (C=O) groups is 1. The zero-order valence-electron chi connectivity index (χ0n) is 16.9. The highest BCUT2D eigenvalue weighted by Gasteiger charge is 2.39. The molecule has 0 spiro atoms. The number of hydrogen-bond acceptors (Lipinski definition) is 3. The van der Waals surface area contributed by atoms with Crippen LogP contribution >= 0.6 is 0 Å². The quantitative estimate of drug-likeness (QED) is 0.739. The summed E-state index contributed by atoms with van der Waals surface area (Å²) in [5, 5.41) is 0. The molecule has 2 atom stereocenters. The number of piperidine rings is 1. The van der Waals surface area contributed by atoms with Gasteiger partial charge in [-0.15, -0.1) is 0 Å². The Labute approximate surface area is 165 Å². The van der Waals surface area contributed by atoms with Crippen molar-refractivity contribution in [3.05, 3.63) is 23.9 Å². The first-order valence-electron chi connectivity index (χ1n) is 10.1. The van der Waals surface area contributed by atoms with Gasteiger partial charge >= 0.3 is 6.18 Å². The monoisotopic (exact) mass is 397 g/mol. The van der Waals surface area contributed by atoms with Crippen LogP contribution in [0.2, 0.25) is 0 Å². The first-order valence-corrected chi connectivity index (χ1v) is 10.1. The van der Waals surface area contributed by atoms with Crippen molar-refractivity contribution in [3.8, 4) is 0 Å². The van der Waals surface area contributed by atoms with E-state index in [2.05, 4.69) is 25.8 Å². The number of pyridine rings is 1. The van der Waals surface area contributed by atoms with Crippen LogP contribution in [0.4, 0.5) is 19.0 Å². The van der Waals surface area contributed by atoms with Gasteiger partial charge in [0.15, 0.2) is 0 Å². The molecule has 1 aromatic rings. The van der Waals surface area contributed by atoms with Crippen molar-refractivity contribution >= 4 is 11.7 Å². The van der Waals surface area contributed by atoms with Gasteiger partial charge in [0.05, 0.1) is 11.5 Å². The summed E-state index contributed by atoms with van der Waals surface area (Å²) in [7, 11) is 0. The topological polar surface area (TPSA) is 36.4 Å². The summed E-state index contributed by atoms with van der Waals surface area (Å²) >= 11 is 0. The van der Waals surface area contributed by atoms with E-state index in [1.807, 2.05) is 4.90 Å². The molecule has 28 heavy (non-hydrogen) atoms. The van der Waals surface area contributed by atoms with E-state index in [1.165, 1.54) is 12.3 Å². The molecule has 0 saturated carbocycles. The van der Waals surface area contributed by atoms with E-state index >= 15 is 0 Å². The van der Waals surface area contributed by atoms with Crippen LogP contribution in [0.5, 0.6) is 0 Å². The number of alkyl halides is 3. The van der Waals surface area contributed by atoms with Gasteiger partial charge < -0.3 is 9.80 Å². The minimum absolute atomic E-state index is 0.0554. The van der Waals surface area contributed by atoms with E-state index < -0.39 is 11.7 Å². The van der Waals surface area contributed by atoms with Gasteiger partial charge in [-0.2, -0.15) is 13.2 Å². The molecule has 2 aliphatic heterocycles. The van der Waals surface area contributed by atoms with Crippen LogP contribution in [-0.4, -0.2) is 41.5 Å². The molecule has 3 heterocycles. The fourth-order valence-corrected chi connectivity index (χ4v) is 4.52. The second-order valence-electron chi connectivity index (χ2n) is 9.25. The summed E-state index contributed by atoms with van der Waals surface area (Å²) < 4.78 is 40.1. The number of halogens is 3. The predicted octanol–water partition coefficient (Wildman–Crippen LogP) is 4.74. The lowest BCUT2D eigenvalue weighted by molar-refractivity contribution is -0.137. The largest absolute Gasteiger partial charge is 0.419 e. The molecule has 4 nitrogen and oxygen atoms in total. The van der Waals surface area contributed by atoms with Gasteiger partial charge in [0.2, 0.25) is 5.91 Å². The lowest BCUT2D eigenvalue weighted by Gasteiger charge is -2.38. The second kappa shape index (κ2) is 7.91. The minimum atomic E-state index is -4.45. The predicted molar refractivity (Wildman–Crippen MR) is 103 cm³/mol. The van der Waals surface area contributed by atoms with Crippen molar-refractivity contribution in [3.63, 3.8) is 0 Å². The molecule has 3 rings (SSSR count). The average Bonchev–Trinajstić information content (AvgIpc) is 3.06. The molecule has 2 aliphatic rings. The summed E-state index contributed by atoms with van der Waals surface area (Å²) in [6.45, 7) is 8.09. The van der Waals surface area contributed by atoms with Crippen molar-refractivity contribution < 1.29 is 18.0 Å². The van der Waals surface area contributed by atoms with Gasteiger partial charge in [0, 0.05) is 31.9 Å². The Morgan fingerprint density at radius 2 is 1.89 bits per heavy atom. The van der Waals surface area contributed by atoms with Crippen molar-refractivity contribution in [1.82, 2.24) is 9.88 Å². The van der Waals surface area contributed by atoms with Crippen LogP contribution in [0.3, 0.4) is 0 Å². The van der Waals surface area contributed by atoms with Gasteiger partial charge in [0.1, 0.15) is 5.82 Å². The summed E-state index contributed by atoms with van der Waals surface area (Å²) in [5.41, 5.74) is -0.586. The molecule has 2 unspecified atom stereocenters. The zero-order valence-corrected chi connectivity index (χ0v) is 16.9. The highest BCUT2D eigenvalue weighted by atomic mass is 19.4. The van der Waals surface area contributed by atoms with Gasteiger partial charge in [-0.05, 0) is 49.7 Å². The second-order valence-corrected chi connectivity index (χ2v) is 9.25. The van der Waals surface area contributed by atoms with Crippen LogP contribution in [0.25, 0.3) is 0 Å². The highest BCUT2D eigenvalue weighted by Crippen LogP contribution is 2.37. The van der Waals surface area contributed by atoms with E-state index in [4.69, 9.17) is 0 Å². The van der Waals surface area contributed by atoms with E-state index in [9.17, 15) is 18.0 Å². The van der Waals surface area contributed by atoms with E-state index in [0.717, 1.165) is 38.3 Å². The number of nitrogens with zero attached hydrogens (tertiary/aromatic N) is 3. The molecule has 1 amide bonds. The fourth-order valence-electron chi connectivity index (χ4n) is 4.52. The molecule has 7 heteroatoms. The Kier molecular flexibility index (Phi) is 5.92. The Morgan fingerprint density at radius 3 is 2.57 bits per heavy atom. The maximum atomic E-state index is 13.4. The standard InChI is InChI=1S/C21H30F3N3O/c1-20(2,3)13-16-8-6-12-27(16)19(28)15-7-5-11-26(14-15)18-17(21(22,23)24)9-4-10-25-18/h4,9-10,15-16H,5-8,11-14H2,1-3H3. The van der Waals surface area contributed by atoms with Crippen LogP contribution in [-0.2, 0) is 11.0 Å². The normalized spacial score (nSPS) is 23.9. The lowest BCUT2D eigenvalue weighted by Crippen LogP contribution is -2.47. The zero-order chi connectivity index (χ0) is 20.5. The number of anilines is 1. The van der Waals surface area contributed by atoms with E-state index in [-0.39, 0.29) is 29.1 Å². The molecule has 0 aromatic carbocycles. The van der Waals surface area contributed by atoms with Crippen LogP contribution in [0.1, 0.15) is 58.4 Å². The molecular weight excluding hydrogens is 367 g/mol. The molecule has 0 N–H and O–H groups in total. The summed E-state index contributed by atoms with van der Waals surface area (Å²) in [5.74, 6) is -0.224. The lowest BCUT2D eigenvalue weighted by atomic mass is 9.86. The van der Waals surface area contributed by atoms with Crippen LogP contribution in [0.15, 0.2) is 18.3 Å². The summed E-state index contributed by atoms with van der Waals surface area (Å²) in [4.78, 5) is 20.8. The Balaban J connectivity index is 1.74. The Morgan fingerprint density at radius 1 is 1.18 bits per heavy atom. The third-order valence-electron chi connectivity index (χ3n) is 5.67. The smallest absolute Gasteiger partial charge is 0.355 e. The Bertz CT molecular complexity index is 699. The molecule has 1 aromatic heterocycles. The number of hydrogen-bond donors (Lipinski definition) is 0. The van der Waals surface area contributed by atoms with Gasteiger partial charge in [-0.25, -0.2) is 4.98 Å². The summed E-state index contributed by atoms with van der Waals surface area (Å²) in [6.07, 6.45) is 1.32. The van der Waals surface area contributed by atoms with Crippen LogP contribution < -0.4 is 4.90 Å². The maximum absolute atomic E-state index is 13.4. The third kappa shape index (κ3) is 4.78. The molecule has 156 valence electrons. The fraction of sp³-hybridized carbons (Fsp3) is 0.714. The van der Waals surface area contributed by atoms with E-state index in [0.29, 0.717) is 19.5 Å². The molecule has 2 saturated heterocycles. The number of carbonyl (C=O) groups excluding carboxylic acids is 1. The van der Waals surface area contributed by atoms with Crippen molar-refractivity contribution in [2.75, 3.05) is 24.5 Å². The number of rotatable bonds is 3. The van der Waals surface area contributed by atoms with Gasteiger partial charge in [-0.3, -0.25) is 4.79 Å². The van der Waals surface area contributed by atoms with Crippen molar-refractivity contribution in [2.24, 2.45) is 11.3 Å². The van der Waals surface area contributed by atoms with Gasteiger partial charge in [0.25, 0.3) is 0 Å². The number of amides is 1. The molecule has 0 bridgehead atoms. The molecular formula is C21H30F3N3O. The third-order valence-corrected chi connectivity index (χ3v) is 5.67. The molecule has 2 fully saturated rings. The number of aromatic nitrogens is 1. The van der Waals surface area contributed by atoms with Crippen molar-refractivity contribution in [1.29, 1.82) is 0 Å². The first kappa shape index (κ1) is 20.9. The number of likely N-dealkylation sites (tertiary alicyclic amines) is 1. The van der Waals surface area contributed by atoms with Gasteiger partial charge in [-0.1, -0.05) is 20.8 Å². The molecule has 0 aliphatic carbocycles. The van der Waals surface area contributed by atoms with E-state index in [1.54, 1.807) is 4.90 Å². The van der Waals surface area contributed by atoms with Crippen molar-refractivity contribution in [2.45, 2.75) is 65.1 Å².